The first kappa shape index (κ1) is 15.4. The highest BCUT2D eigenvalue weighted by Crippen LogP contribution is 2.12. The second-order valence-electron chi connectivity index (χ2n) is 3.89. The van der Waals surface area contributed by atoms with Gasteiger partial charge in [0.25, 0.3) is 0 Å². The summed E-state index contributed by atoms with van der Waals surface area (Å²) in [6, 6.07) is 6.46. The zero-order chi connectivity index (χ0) is 14.3. The molecule has 6 heteroatoms. The van der Waals surface area contributed by atoms with Gasteiger partial charge in [0, 0.05) is 12.7 Å². The number of hydrogen-bond acceptors (Lipinski definition) is 5. The van der Waals surface area contributed by atoms with Gasteiger partial charge in [-0.15, -0.1) is 0 Å². The SMILES string of the molecule is COc1ccc(COC(=O)C(CS)NC(C)=O)cc1. The molecule has 0 aliphatic carbocycles. The van der Waals surface area contributed by atoms with Crippen molar-refractivity contribution in [1.82, 2.24) is 5.32 Å². The van der Waals surface area contributed by atoms with Crippen molar-refractivity contribution in [1.29, 1.82) is 0 Å². The van der Waals surface area contributed by atoms with Crippen LogP contribution >= 0.6 is 12.6 Å². The Morgan fingerprint density at radius 2 is 1.95 bits per heavy atom. The molecule has 1 N–H and O–H groups in total. The van der Waals surface area contributed by atoms with Crippen LogP contribution in [-0.2, 0) is 20.9 Å². The molecule has 104 valence electrons. The lowest BCUT2D eigenvalue weighted by Crippen LogP contribution is -2.42. The minimum Gasteiger partial charge on any atom is -0.497 e. The Morgan fingerprint density at radius 3 is 2.42 bits per heavy atom. The Hall–Kier alpha value is -1.69. The summed E-state index contributed by atoms with van der Waals surface area (Å²) < 4.78 is 10.1. The van der Waals surface area contributed by atoms with Gasteiger partial charge in [-0.05, 0) is 17.7 Å². The largest absolute Gasteiger partial charge is 0.497 e. The summed E-state index contributed by atoms with van der Waals surface area (Å²) in [5.41, 5.74) is 0.842. The van der Waals surface area contributed by atoms with E-state index in [-0.39, 0.29) is 18.3 Å². The number of rotatable bonds is 6. The van der Waals surface area contributed by atoms with Crippen LogP contribution in [-0.4, -0.2) is 30.8 Å². The first-order chi connectivity index (χ1) is 9.06. The highest BCUT2D eigenvalue weighted by atomic mass is 32.1. The molecule has 0 fully saturated rings. The van der Waals surface area contributed by atoms with Crippen molar-refractivity contribution in [3.05, 3.63) is 29.8 Å². The molecule has 1 amide bonds. The molecule has 1 rings (SSSR count). The second kappa shape index (κ2) is 7.68. The Labute approximate surface area is 117 Å². The molecule has 1 aromatic carbocycles. The van der Waals surface area contributed by atoms with Crippen molar-refractivity contribution >= 4 is 24.5 Å². The lowest BCUT2D eigenvalue weighted by atomic mass is 10.2. The first-order valence-corrected chi connectivity index (χ1v) is 6.37. The van der Waals surface area contributed by atoms with E-state index in [1.807, 2.05) is 0 Å². The van der Waals surface area contributed by atoms with E-state index in [4.69, 9.17) is 9.47 Å². The molecule has 0 bridgehead atoms. The number of hydrogen-bond donors (Lipinski definition) is 2. The molecule has 0 aliphatic rings. The van der Waals surface area contributed by atoms with Gasteiger partial charge in [-0.25, -0.2) is 4.79 Å². The van der Waals surface area contributed by atoms with Crippen LogP contribution in [0.5, 0.6) is 5.75 Å². The van der Waals surface area contributed by atoms with Gasteiger partial charge in [-0.3, -0.25) is 4.79 Å². The van der Waals surface area contributed by atoms with E-state index < -0.39 is 12.0 Å². The van der Waals surface area contributed by atoms with Crippen molar-refractivity contribution < 1.29 is 19.1 Å². The summed E-state index contributed by atoms with van der Waals surface area (Å²) in [6.45, 7) is 1.49. The molecule has 1 atom stereocenters. The second-order valence-corrected chi connectivity index (χ2v) is 4.26. The topological polar surface area (TPSA) is 64.6 Å². The van der Waals surface area contributed by atoms with Crippen LogP contribution < -0.4 is 10.1 Å². The van der Waals surface area contributed by atoms with E-state index in [9.17, 15) is 9.59 Å². The predicted molar refractivity (Wildman–Crippen MR) is 74.2 cm³/mol. The monoisotopic (exact) mass is 283 g/mol. The summed E-state index contributed by atoms with van der Waals surface area (Å²) in [4.78, 5) is 22.6. The molecule has 5 nitrogen and oxygen atoms in total. The Balaban J connectivity index is 2.49. The van der Waals surface area contributed by atoms with Crippen LogP contribution in [0.3, 0.4) is 0 Å². The minimum atomic E-state index is -0.723. The molecule has 0 aliphatic heterocycles. The van der Waals surface area contributed by atoms with Gasteiger partial charge in [0.05, 0.1) is 7.11 Å². The van der Waals surface area contributed by atoms with E-state index in [0.29, 0.717) is 0 Å². The molecule has 19 heavy (non-hydrogen) atoms. The van der Waals surface area contributed by atoms with Gasteiger partial charge in [0.15, 0.2) is 0 Å². The van der Waals surface area contributed by atoms with Crippen molar-refractivity contribution in [2.75, 3.05) is 12.9 Å². The number of nitrogens with one attached hydrogen (secondary N) is 1. The zero-order valence-electron chi connectivity index (χ0n) is 10.9. The normalized spacial score (nSPS) is 11.5. The van der Waals surface area contributed by atoms with E-state index in [0.717, 1.165) is 11.3 Å². The van der Waals surface area contributed by atoms with Crippen LogP contribution in [0.15, 0.2) is 24.3 Å². The van der Waals surface area contributed by atoms with Gasteiger partial charge < -0.3 is 14.8 Å². The lowest BCUT2D eigenvalue weighted by Gasteiger charge is -2.14. The van der Waals surface area contributed by atoms with Crippen molar-refractivity contribution in [2.24, 2.45) is 0 Å². The van der Waals surface area contributed by atoms with Crippen molar-refractivity contribution in [3.63, 3.8) is 0 Å². The number of amides is 1. The van der Waals surface area contributed by atoms with Crippen LogP contribution in [0.2, 0.25) is 0 Å². The number of methoxy groups -OCH3 is 1. The third-order valence-corrected chi connectivity index (χ3v) is 2.75. The number of ether oxygens (including phenoxy) is 2. The minimum absolute atomic E-state index is 0.146. The smallest absolute Gasteiger partial charge is 0.329 e. The van der Waals surface area contributed by atoms with E-state index in [1.165, 1.54) is 6.92 Å². The van der Waals surface area contributed by atoms with Crippen LogP contribution in [0, 0.1) is 0 Å². The maximum atomic E-state index is 11.7. The molecule has 0 radical (unpaired) electrons. The molecule has 0 saturated carbocycles. The Kier molecular flexibility index (Phi) is 6.21. The fourth-order valence-electron chi connectivity index (χ4n) is 1.40. The molecule has 0 aromatic heterocycles. The van der Waals surface area contributed by atoms with E-state index >= 15 is 0 Å². The van der Waals surface area contributed by atoms with Gasteiger partial charge in [-0.1, -0.05) is 12.1 Å². The molecule has 0 spiro atoms. The standard InChI is InChI=1S/C13H17NO4S/c1-9(15)14-12(8-19)13(16)18-7-10-3-5-11(17-2)6-4-10/h3-6,12,19H,7-8H2,1-2H3,(H,14,15). The summed E-state index contributed by atoms with van der Waals surface area (Å²) in [7, 11) is 1.58. The van der Waals surface area contributed by atoms with Crippen molar-refractivity contribution in [3.8, 4) is 5.75 Å². The number of carbonyl (C=O) groups excluding carboxylic acids is 2. The number of esters is 1. The number of thiol groups is 1. The third-order valence-electron chi connectivity index (χ3n) is 2.38. The fraction of sp³-hybridized carbons (Fsp3) is 0.385. The maximum Gasteiger partial charge on any atom is 0.329 e. The molecule has 0 saturated heterocycles. The van der Waals surface area contributed by atoms with E-state index in [1.54, 1.807) is 31.4 Å². The third kappa shape index (κ3) is 5.21. The van der Waals surface area contributed by atoms with Crippen LogP contribution in [0.1, 0.15) is 12.5 Å². The first-order valence-electron chi connectivity index (χ1n) is 5.74. The quantitative estimate of drug-likeness (QED) is 0.608. The molecule has 1 aromatic rings. The average molecular weight is 283 g/mol. The highest BCUT2D eigenvalue weighted by molar-refractivity contribution is 7.80. The van der Waals surface area contributed by atoms with Gasteiger partial charge >= 0.3 is 5.97 Å². The van der Waals surface area contributed by atoms with E-state index in [2.05, 4.69) is 17.9 Å². The van der Waals surface area contributed by atoms with Gasteiger partial charge in [-0.2, -0.15) is 12.6 Å². The van der Waals surface area contributed by atoms with Gasteiger partial charge in [0.1, 0.15) is 18.4 Å². The Bertz CT molecular complexity index is 433. The van der Waals surface area contributed by atoms with Crippen LogP contribution in [0.4, 0.5) is 0 Å². The summed E-state index contributed by atoms with van der Waals surface area (Å²) in [6.07, 6.45) is 0. The highest BCUT2D eigenvalue weighted by Gasteiger charge is 2.19. The van der Waals surface area contributed by atoms with Gasteiger partial charge in [0.2, 0.25) is 5.91 Å². The molecular formula is C13H17NO4S. The average Bonchev–Trinajstić information content (AvgIpc) is 2.42. The summed E-state index contributed by atoms with van der Waals surface area (Å²) in [5, 5.41) is 2.47. The predicted octanol–water partition coefficient (Wildman–Crippen LogP) is 1.17. The lowest BCUT2D eigenvalue weighted by molar-refractivity contribution is -0.148. The number of benzene rings is 1. The molecular weight excluding hydrogens is 266 g/mol. The number of carbonyl (C=O) groups is 2. The fourth-order valence-corrected chi connectivity index (χ4v) is 1.64. The molecule has 1 unspecified atom stereocenters. The molecule has 0 heterocycles. The summed E-state index contributed by atoms with van der Waals surface area (Å²) in [5.74, 6) is 0.143. The zero-order valence-corrected chi connectivity index (χ0v) is 11.8. The Morgan fingerprint density at radius 1 is 1.32 bits per heavy atom. The maximum absolute atomic E-state index is 11.7. The van der Waals surface area contributed by atoms with Crippen LogP contribution in [0.25, 0.3) is 0 Å². The van der Waals surface area contributed by atoms with Crippen molar-refractivity contribution in [2.45, 2.75) is 19.6 Å². The summed E-state index contributed by atoms with van der Waals surface area (Å²) >= 11 is 4.00.